The molecule has 0 aliphatic heterocycles. The minimum absolute atomic E-state index is 0.424. The van der Waals surface area contributed by atoms with E-state index in [4.69, 9.17) is 23.4 Å². The van der Waals surface area contributed by atoms with Gasteiger partial charge in [-0.15, -0.1) is 0 Å². The molecule has 3 N–H and O–H groups in total. The Kier molecular flexibility index (Phi) is 26.1. The third kappa shape index (κ3) is 19.5. The molecule has 694 valence electrons. The van der Waals surface area contributed by atoms with Crippen molar-refractivity contribution in [1.82, 2.24) is 0 Å². The third-order valence-corrected chi connectivity index (χ3v) is 28.2. The maximum Gasteiger partial charge on any atom is 0.534 e. The summed E-state index contributed by atoms with van der Waals surface area (Å²) in [5.41, 5.74) is 32.5. The van der Waals surface area contributed by atoms with E-state index in [9.17, 15) is 21.6 Å². The Balaban J connectivity index is 0.000000141. The lowest BCUT2D eigenvalue weighted by Crippen LogP contribution is -2.28. The van der Waals surface area contributed by atoms with Crippen molar-refractivity contribution in [1.29, 1.82) is 0 Å². The lowest BCUT2D eigenvalue weighted by molar-refractivity contribution is -0.0500. The van der Waals surface area contributed by atoms with E-state index in [-0.39, 0.29) is 0 Å². The van der Waals surface area contributed by atoms with E-state index >= 15 is 0 Å². The van der Waals surface area contributed by atoms with E-state index in [0.29, 0.717) is 51.2 Å². The zero-order chi connectivity index (χ0) is 97.2. The largest absolute Gasteiger partial charge is 0.534 e. The molecule has 0 unspecified atom stereocenters. The van der Waals surface area contributed by atoms with Crippen molar-refractivity contribution in [2.45, 2.75) is 147 Å². The molecule has 0 amide bonds. The maximum atomic E-state index is 12.7. The minimum Gasteiger partial charge on any atom is -0.452 e. The zero-order valence-corrected chi connectivity index (χ0v) is 83.6. The highest BCUT2D eigenvalue weighted by atomic mass is 127. The fourth-order valence-electron chi connectivity index (χ4n) is 17.9. The second kappa shape index (κ2) is 38.3. The third-order valence-electron chi connectivity index (χ3n) is 26.6. The summed E-state index contributed by atoms with van der Waals surface area (Å²) in [7, 11) is -5.77. The molecule has 0 radical (unpaired) electrons. The first-order valence-electron chi connectivity index (χ1n) is 46.8. The number of nitrogens with one attached hydrogen (secondary N) is 1. The van der Waals surface area contributed by atoms with Crippen LogP contribution in [-0.4, -0.2) is 13.9 Å². The van der Waals surface area contributed by atoms with Crippen LogP contribution in [0.2, 0.25) is 0 Å². The second-order valence-corrected chi connectivity index (χ2v) is 40.6. The molecule has 0 saturated heterocycles. The van der Waals surface area contributed by atoms with Crippen LogP contribution in [0.3, 0.4) is 0 Å². The van der Waals surface area contributed by atoms with Crippen molar-refractivity contribution in [2.24, 2.45) is 0 Å². The van der Waals surface area contributed by atoms with Gasteiger partial charge in [-0.2, -0.15) is 21.6 Å². The van der Waals surface area contributed by atoms with Crippen molar-refractivity contribution in [3.63, 3.8) is 0 Å². The standard InChI is InChI=1S/C60H52N2O2.C28H15F3O5S.C17H21N.C9H13N.C8H9I/c1-35(2)41-11-9-13-47(27-41)61(49-19-15-37(5)39(7)25-49)51-21-17-43-31-55-53-23-24-54-56-32-44-18-22-52(30-46(44)34-58(56)64-60(54)59(53)63-57(55)33-45(43)29-51)62(50-20-16-38(6)40(8)26-50)48-14-10-12-42(28-48)36(3)4;1-14-2-3-15-10-22-20-6-7-21-23-11-16-4-5-19(36-37(32,33)28(29,30)31)9-18(16)13-25(23)35-27(21)26(20)34-24(22)12-17(15)8-14;1-12(2)15-6-5-7-16(11-15)18-17-9-8-13(3)14(4)10-17;1-7(2)8-4-3-5-9(10)6-8;1-6-3-4-8(9)5-7(6)2/h9-36H,1-8H3;2-13H,1H3;5-12,18H,1-4H3;3-7H,10H2,1-2H3;3-5H,1-2H3. The summed E-state index contributed by atoms with van der Waals surface area (Å²) < 4.78 is 92.7. The summed E-state index contributed by atoms with van der Waals surface area (Å²) in [6.07, 6.45) is 0. The van der Waals surface area contributed by atoms with Crippen LogP contribution in [0, 0.1) is 65.9 Å². The zero-order valence-electron chi connectivity index (χ0n) is 80.6. The van der Waals surface area contributed by atoms with Gasteiger partial charge >= 0.3 is 15.6 Å². The molecule has 4 heterocycles. The summed E-state index contributed by atoms with van der Waals surface area (Å²) in [5, 5.41) is 19.1. The van der Waals surface area contributed by atoms with Gasteiger partial charge in [0.05, 0.1) is 0 Å². The van der Waals surface area contributed by atoms with Gasteiger partial charge in [-0.1, -0.05) is 170 Å². The fourth-order valence-corrected chi connectivity index (χ4v) is 19.0. The van der Waals surface area contributed by atoms with Crippen molar-refractivity contribution >= 4 is 215 Å². The molecular formula is C122H110F3IN4O7S. The van der Waals surface area contributed by atoms with Crippen molar-refractivity contribution in [3.8, 4) is 5.75 Å². The number of furan rings is 4. The van der Waals surface area contributed by atoms with Gasteiger partial charge in [0.15, 0.2) is 22.3 Å². The van der Waals surface area contributed by atoms with E-state index in [0.717, 1.165) is 160 Å². The highest BCUT2D eigenvalue weighted by Crippen LogP contribution is 2.48. The van der Waals surface area contributed by atoms with Gasteiger partial charge in [-0.3, -0.25) is 0 Å². The number of aryl methyl sites for hydroxylation is 9. The molecule has 11 nitrogen and oxygen atoms in total. The molecule has 0 aliphatic rings. The van der Waals surface area contributed by atoms with Crippen LogP contribution in [0.1, 0.15) is 151 Å². The molecule has 0 atom stereocenters. The average Bonchev–Trinajstić information content (AvgIpc) is 1.57. The number of hydrogen-bond donors (Lipinski definition) is 2. The molecular weight excluding hydrogens is 1850 g/mol. The fraction of sp³-hybridized carbons (Fsp3) is 0.180. The van der Waals surface area contributed by atoms with Crippen molar-refractivity contribution in [2.75, 3.05) is 20.9 Å². The average molecular weight is 1960 g/mol. The molecule has 16 heteroatoms. The Morgan fingerprint density at radius 3 is 1.03 bits per heavy atom. The van der Waals surface area contributed by atoms with Crippen molar-refractivity contribution < 1.29 is 43.4 Å². The van der Waals surface area contributed by atoms with E-state index in [1.54, 1.807) is 6.07 Å². The van der Waals surface area contributed by atoms with Gasteiger partial charge in [0, 0.05) is 97.8 Å². The Labute approximate surface area is 816 Å². The molecule has 18 aromatic carbocycles. The quantitative estimate of drug-likeness (QED) is 0.0465. The number of benzene rings is 18. The smallest absolute Gasteiger partial charge is 0.452 e. The molecule has 0 saturated carbocycles. The number of hydrogen-bond acceptors (Lipinski definition) is 11. The lowest BCUT2D eigenvalue weighted by atomic mass is 10.0. The molecule has 22 rings (SSSR count). The molecule has 4 aromatic heterocycles. The summed E-state index contributed by atoms with van der Waals surface area (Å²) in [6.45, 7) is 37.1. The van der Waals surface area contributed by atoms with Gasteiger partial charge in [0.25, 0.3) is 0 Å². The van der Waals surface area contributed by atoms with Gasteiger partial charge in [-0.05, 0) is 425 Å². The molecule has 0 fully saturated rings. The van der Waals surface area contributed by atoms with Crippen LogP contribution >= 0.6 is 22.6 Å². The van der Waals surface area contributed by atoms with Crippen LogP contribution < -0.4 is 25.0 Å². The van der Waals surface area contributed by atoms with Crippen LogP contribution in [-0.2, 0) is 10.1 Å². The summed E-state index contributed by atoms with van der Waals surface area (Å²) in [6, 6.07) is 109. The minimum atomic E-state index is -5.77. The topological polar surface area (TPSA) is 140 Å². The number of alkyl halides is 3. The van der Waals surface area contributed by atoms with E-state index in [1.807, 2.05) is 49.4 Å². The van der Waals surface area contributed by atoms with Crippen LogP contribution in [0.4, 0.5) is 64.4 Å². The Hall–Kier alpha value is -14.3. The summed E-state index contributed by atoms with van der Waals surface area (Å²) in [5.74, 6) is 1.54. The number of halogens is 4. The monoisotopic (exact) mass is 1960 g/mol. The Morgan fingerprint density at radius 1 is 0.304 bits per heavy atom. The number of rotatable bonds is 14. The Morgan fingerprint density at radius 2 is 0.638 bits per heavy atom. The van der Waals surface area contributed by atoms with Gasteiger partial charge < -0.3 is 42.7 Å². The first-order chi connectivity index (χ1) is 66.0. The number of nitrogens with zero attached hydrogens (tertiary/aromatic N) is 2. The summed E-state index contributed by atoms with van der Waals surface area (Å²) >= 11 is 2.32. The van der Waals surface area contributed by atoms with Crippen molar-refractivity contribution in [3.05, 3.63) is 391 Å². The lowest BCUT2D eigenvalue weighted by Gasteiger charge is -2.27. The highest BCUT2D eigenvalue weighted by molar-refractivity contribution is 14.1. The summed E-state index contributed by atoms with van der Waals surface area (Å²) in [4.78, 5) is 4.74. The number of fused-ring (bicyclic) bond motifs is 18. The maximum absolute atomic E-state index is 12.7. The van der Waals surface area contributed by atoms with Gasteiger partial charge in [-0.25, -0.2) is 0 Å². The van der Waals surface area contributed by atoms with E-state index < -0.39 is 21.4 Å². The number of nitrogen functional groups attached to an aromatic ring is 1. The van der Waals surface area contributed by atoms with Crippen LogP contribution in [0.15, 0.2) is 333 Å². The molecule has 0 spiro atoms. The highest BCUT2D eigenvalue weighted by Gasteiger charge is 2.48. The Bertz CT molecular complexity index is 8370. The molecule has 0 bridgehead atoms. The van der Waals surface area contributed by atoms with Gasteiger partial charge in [0.1, 0.15) is 28.1 Å². The van der Waals surface area contributed by atoms with E-state index in [2.05, 4.69) is 401 Å². The predicted octanol–water partition coefficient (Wildman–Crippen LogP) is 37.0. The van der Waals surface area contributed by atoms with Crippen LogP contribution in [0.25, 0.3) is 131 Å². The SMILES string of the molecule is CC(C)c1cccc(N)c1.Cc1ccc(I)cc1C.Cc1ccc(N(c2cccc(C(C)C)c2)c2ccc3cc4c(cc3c2)oc2c4ccc3c4cc5ccc(N(c6cccc(C(C)C)c6)c6ccc(C)c(C)c6)cc5cc4oc32)cc1C.Cc1ccc(Nc2cccc(C(C)C)c2)cc1C.Cc1ccc2cc3c(cc2c1)oc1c3ccc2c3cc4ccc(OS(=O)(=O)C(F)(F)F)cc4cc3oc21. The number of nitrogens with two attached hydrogens (primary N) is 1. The van der Waals surface area contributed by atoms with Gasteiger partial charge in [0.2, 0.25) is 0 Å². The molecule has 138 heavy (non-hydrogen) atoms. The second-order valence-electron chi connectivity index (χ2n) is 37.8. The normalized spacial score (nSPS) is 11.9. The first kappa shape index (κ1) is 94.0. The predicted molar refractivity (Wildman–Crippen MR) is 582 cm³/mol. The molecule has 0 aliphatic carbocycles. The number of anilines is 9. The first-order valence-corrected chi connectivity index (χ1v) is 49.3. The van der Waals surface area contributed by atoms with Crippen LogP contribution in [0.5, 0.6) is 5.75 Å². The van der Waals surface area contributed by atoms with E-state index in [1.165, 1.54) is 88.5 Å². The molecule has 22 aromatic rings.